The summed E-state index contributed by atoms with van der Waals surface area (Å²) in [6.45, 7) is 2.06. The monoisotopic (exact) mass is 248 g/mol. The van der Waals surface area contributed by atoms with Gasteiger partial charge in [0.15, 0.2) is 0 Å². The third-order valence-corrected chi connectivity index (χ3v) is 3.76. The average molecular weight is 249 g/mol. The third-order valence-electron chi connectivity index (χ3n) is 2.52. The summed E-state index contributed by atoms with van der Waals surface area (Å²) in [6, 6.07) is 10.0. The average Bonchev–Trinajstić information content (AvgIpc) is 2.84. The lowest BCUT2D eigenvalue weighted by atomic mass is 10.2. The van der Waals surface area contributed by atoms with Crippen molar-refractivity contribution in [2.45, 2.75) is 6.92 Å². The Morgan fingerprint density at radius 2 is 2.12 bits per heavy atom. The van der Waals surface area contributed by atoms with Crippen LogP contribution in [0.2, 0.25) is 4.34 Å². The second-order valence-electron chi connectivity index (χ2n) is 3.66. The number of aryl methyl sites for hydroxylation is 1. The Bertz CT molecular complexity index is 654. The molecule has 1 aromatic carbocycles. The Hall–Kier alpha value is -1.32. The molecule has 0 aliphatic heterocycles. The molecule has 4 heteroatoms. The molecule has 0 unspecified atom stereocenters. The van der Waals surface area contributed by atoms with Gasteiger partial charge in [0.05, 0.1) is 20.2 Å². The maximum absolute atomic E-state index is 5.92. The van der Waals surface area contributed by atoms with Crippen LogP contribution in [0.4, 0.5) is 0 Å². The summed E-state index contributed by atoms with van der Waals surface area (Å²) in [6.07, 6.45) is 0. The van der Waals surface area contributed by atoms with E-state index in [-0.39, 0.29) is 0 Å². The summed E-state index contributed by atoms with van der Waals surface area (Å²) in [5.41, 5.74) is 3.28. The van der Waals surface area contributed by atoms with Crippen molar-refractivity contribution in [3.05, 3.63) is 40.2 Å². The van der Waals surface area contributed by atoms with E-state index in [1.54, 1.807) is 0 Å². The minimum atomic E-state index is 0.784. The molecule has 0 saturated heterocycles. The molecule has 0 radical (unpaired) electrons. The number of benzene rings is 1. The number of aromatic amines is 1. The van der Waals surface area contributed by atoms with Crippen molar-refractivity contribution in [1.29, 1.82) is 0 Å². The number of H-pyrrole nitrogens is 1. The normalized spacial score (nSPS) is 11.1. The number of imidazole rings is 1. The van der Waals surface area contributed by atoms with Crippen LogP contribution in [-0.4, -0.2) is 9.97 Å². The van der Waals surface area contributed by atoms with E-state index in [0.717, 1.165) is 26.1 Å². The van der Waals surface area contributed by atoms with Gasteiger partial charge in [0.2, 0.25) is 0 Å². The summed E-state index contributed by atoms with van der Waals surface area (Å²) in [7, 11) is 0. The number of hydrogen-bond donors (Lipinski definition) is 1. The highest BCUT2D eigenvalue weighted by molar-refractivity contribution is 7.19. The highest BCUT2D eigenvalue weighted by Crippen LogP contribution is 2.30. The van der Waals surface area contributed by atoms with E-state index >= 15 is 0 Å². The first-order chi connectivity index (χ1) is 7.74. The number of nitrogens with one attached hydrogen (secondary N) is 1. The number of aromatic nitrogens is 2. The molecule has 3 rings (SSSR count). The zero-order valence-electron chi connectivity index (χ0n) is 8.62. The molecule has 0 amide bonds. The van der Waals surface area contributed by atoms with Crippen LogP contribution in [0.15, 0.2) is 30.3 Å². The quantitative estimate of drug-likeness (QED) is 0.685. The van der Waals surface area contributed by atoms with Crippen LogP contribution in [0.3, 0.4) is 0 Å². The summed E-state index contributed by atoms with van der Waals surface area (Å²) in [4.78, 5) is 8.97. The van der Waals surface area contributed by atoms with E-state index in [1.807, 2.05) is 24.3 Å². The smallest absolute Gasteiger partial charge is 0.148 e. The minimum absolute atomic E-state index is 0.784. The molecule has 0 atom stereocenters. The molecule has 1 N–H and O–H groups in total. The molecule has 0 aliphatic rings. The molecule has 80 valence electrons. The van der Waals surface area contributed by atoms with E-state index in [4.69, 9.17) is 11.6 Å². The molecule has 2 heterocycles. The Kier molecular flexibility index (Phi) is 2.23. The van der Waals surface area contributed by atoms with Gasteiger partial charge in [-0.25, -0.2) is 4.98 Å². The zero-order valence-corrected chi connectivity index (χ0v) is 10.2. The first kappa shape index (κ1) is 9.87. The first-order valence-corrected chi connectivity index (χ1v) is 6.14. The fraction of sp³-hybridized carbons (Fsp3) is 0.0833. The van der Waals surface area contributed by atoms with Crippen molar-refractivity contribution in [2.24, 2.45) is 0 Å². The largest absolute Gasteiger partial charge is 0.337 e. The predicted molar refractivity (Wildman–Crippen MR) is 69.2 cm³/mol. The van der Waals surface area contributed by atoms with Crippen LogP contribution in [0.5, 0.6) is 0 Å². The number of thiophene rings is 1. The number of halogens is 1. The van der Waals surface area contributed by atoms with E-state index in [1.165, 1.54) is 16.9 Å². The Morgan fingerprint density at radius 1 is 1.25 bits per heavy atom. The van der Waals surface area contributed by atoms with Gasteiger partial charge in [-0.1, -0.05) is 23.7 Å². The van der Waals surface area contributed by atoms with Crippen LogP contribution >= 0.6 is 22.9 Å². The molecule has 0 bridgehead atoms. The van der Waals surface area contributed by atoms with Crippen molar-refractivity contribution >= 4 is 34.0 Å². The lowest BCUT2D eigenvalue weighted by Crippen LogP contribution is -1.74. The number of fused-ring (bicyclic) bond motifs is 1. The van der Waals surface area contributed by atoms with Gasteiger partial charge < -0.3 is 4.98 Å². The molecule has 0 fully saturated rings. The summed E-state index contributed by atoms with van der Waals surface area (Å²) < 4.78 is 0.784. The zero-order chi connectivity index (χ0) is 11.1. The van der Waals surface area contributed by atoms with Gasteiger partial charge in [0.25, 0.3) is 0 Å². The van der Waals surface area contributed by atoms with Gasteiger partial charge >= 0.3 is 0 Å². The second-order valence-corrected chi connectivity index (χ2v) is 5.38. The molecule has 2 nitrogen and oxygen atoms in total. The number of hydrogen-bond acceptors (Lipinski definition) is 2. The summed E-state index contributed by atoms with van der Waals surface area (Å²) in [5.74, 6) is 0.890. The third kappa shape index (κ3) is 1.52. The molecule has 16 heavy (non-hydrogen) atoms. The lowest BCUT2D eigenvalue weighted by molar-refractivity contribution is 1.35. The molecular weight excluding hydrogens is 240 g/mol. The summed E-state index contributed by atoms with van der Waals surface area (Å²) >= 11 is 7.45. The second kappa shape index (κ2) is 3.61. The van der Waals surface area contributed by atoms with Crippen molar-refractivity contribution in [2.75, 3.05) is 0 Å². The molecule has 2 aromatic heterocycles. The SMILES string of the molecule is Cc1cccc2[nH]c(-c3ccc(Cl)s3)nc12. The van der Waals surface area contributed by atoms with E-state index in [9.17, 15) is 0 Å². The number of para-hydroxylation sites is 1. The van der Waals surface area contributed by atoms with Gasteiger partial charge in [-0.3, -0.25) is 0 Å². The topological polar surface area (TPSA) is 28.7 Å². The standard InChI is InChI=1S/C12H9ClN2S/c1-7-3-2-4-8-11(7)15-12(14-8)9-5-6-10(13)16-9/h2-6H,1H3,(H,14,15). The highest BCUT2D eigenvalue weighted by atomic mass is 35.5. The van der Waals surface area contributed by atoms with Crippen LogP contribution in [-0.2, 0) is 0 Å². The van der Waals surface area contributed by atoms with Crippen molar-refractivity contribution in [3.8, 4) is 10.7 Å². The Labute approximate surface area is 102 Å². The molecular formula is C12H9ClN2S. The van der Waals surface area contributed by atoms with Crippen LogP contribution in [0.1, 0.15) is 5.56 Å². The van der Waals surface area contributed by atoms with E-state index < -0.39 is 0 Å². The van der Waals surface area contributed by atoms with E-state index in [0.29, 0.717) is 0 Å². The first-order valence-electron chi connectivity index (χ1n) is 4.95. The van der Waals surface area contributed by atoms with E-state index in [2.05, 4.69) is 23.0 Å². The van der Waals surface area contributed by atoms with Gasteiger partial charge in [0, 0.05) is 0 Å². The minimum Gasteiger partial charge on any atom is -0.337 e. The van der Waals surface area contributed by atoms with Gasteiger partial charge in [-0.05, 0) is 30.7 Å². The van der Waals surface area contributed by atoms with Crippen molar-refractivity contribution in [3.63, 3.8) is 0 Å². The maximum Gasteiger partial charge on any atom is 0.148 e. The fourth-order valence-corrected chi connectivity index (χ4v) is 2.72. The van der Waals surface area contributed by atoms with Crippen LogP contribution in [0, 0.1) is 6.92 Å². The predicted octanol–water partition coefficient (Wildman–Crippen LogP) is 4.25. The van der Waals surface area contributed by atoms with Gasteiger partial charge in [-0.2, -0.15) is 0 Å². The maximum atomic E-state index is 5.92. The summed E-state index contributed by atoms with van der Waals surface area (Å²) in [5, 5.41) is 0. The highest BCUT2D eigenvalue weighted by Gasteiger charge is 2.08. The van der Waals surface area contributed by atoms with Crippen LogP contribution < -0.4 is 0 Å². The lowest BCUT2D eigenvalue weighted by Gasteiger charge is -1.90. The molecule has 0 aliphatic carbocycles. The number of nitrogens with zero attached hydrogens (tertiary/aromatic N) is 1. The van der Waals surface area contributed by atoms with Gasteiger partial charge in [0.1, 0.15) is 5.82 Å². The molecule has 0 saturated carbocycles. The van der Waals surface area contributed by atoms with Crippen molar-refractivity contribution in [1.82, 2.24) is 9.97 Å². The number of rotatable bonds is 1. The van der Waals surface area contributed by atoms with Gasteiger partial charge in [-0.15, -0.1) is 11.3 Å². The van der Waals surface area contributed by atoms with Crippen molar-refractivity contribution < 1.29 is 0 Å². The molecule has 3 aromatic rings. The Morgan fingerprint density at radius 3 is 2.81 bits per heavy atom. The Balaban J connectivity index is 2.22. The van der Waals surface area contributed by atoms with Crippen LogP contribution in [0.25, 0.3) is 21.7 Å². The fourth-order valence-electron chi connectivity index (χ4n) is 1.73. The molecule has 0 spiro atoms.